The van der Waals surface area contributed by atoms with Crippen molar-refractivity contribution >= 4 is 17.6 Å². The summed E-state index contributed by atoms with van der Waals surface area (Å²) in [6, 6.07) is -0.0916. The van der Waals surface area contributed by atoms with Crippen LogP contribution in [-0.2, 0) is 14.4 Å². The van der Waals surface area contributed by atoms with Gasteiger partial charge in [0.1, 0.15) is 5.78 Å². The number of likely N-dealkylation sites (N-methyl/N-ethyl adjacent to an activating group) is 2. The Bertz CT molecular complexity index is 595. The number of ketones is 1. The molecule has 0 heterocycles. The third-order valence-corrected chi connectivity index (χ3v) is 7.20. The van der Waals surface area contributed by atoms with Gasteiger partial charge in [0.15, 0.2) is 6.54 Å². The second-order valence-electron chi connectivity index (χ2n) is 11.5. The van der Waals surface area contributed by atoms with Gasteiger partial charge in [-0.2, -0.15) is 0 Å². The maximum absolute atomic E-state index is 12.3. The zero-order chi connectivity index (χ0) is 27.8. The maximum Gasteiger partial charge on any atom is 0.275 e. The smallest absolute Gasteiger partial charge is 0.275 e. The van der Waals surface area contributed by atoms with Crippen LogP contribution in [0.2, 0.25) is 0 Å². The molecule has 37 heavy (non-hydrogen) atoms. The van der Waals surface area contributed by atoms with Crippen LogP contribution in [0.4, 0.5) is 0 Å². The van der Waals surface area contributed by atoms with Gasteiger partial charge in [0.05, 0.1) is 33.2 Å². The molecule has 3 N–H and O–H groups in total. The van der Waals surface area contributed by atoms with Crippen LogP contribution in [0.15, 0.2) is 0 Å². The fourth-order valence-electron chi connectivity index (χ4n) is 4.67. The van der Waals surface area contributed by atoms with Crippen molar-refractivity contribution in [3.63, 3.8) is 0 Å². The number of carbonyl (C=O) groups excluding carboxylic acids is 3. The fourth-order valence-corrected chi connectivity index (χ4v) is 4.67. The highest BCUT2D eigenvalue weighted by Gasteiger charge is 2.20. The molecule has 0 radical (unpaired) electrons. The Hall–Kier alpha value is -1.47. The van der Waals surface area contributed by atoms with E-state index in [2.05, 4.69) is 22.9 Å². The van der Waals surface area contributed by atoms with Gasteiger partial charge in [0.25, 0.3) is 5.91 Å². The van der Waals surface area contributed by atoms with Gasteiger partial charge in [-0.3, -0.25) is 14.4 Å². The van der Waals surface area contributed by atoms with Crippen molar-refractivity contribution in [1.82, 2.24) is 16.0 Å². The minimum atomic E-state index is -0.0916. The van der Waals surface area contributed by atoms with Gasteiger partial charge in [-0.1, -0.05) is 84.0 Å². The molecule has 0 fully saturated rings. The maximum atomic E-state index is 12.3. The first-order valence-corrected chi connectivity index (χ1v) is 15.2. The highest BCUT2D eigenvalue weighted by atomic mass is 16.2. The zero-order valence-corrected chi connectivity index (χ0v) is 25.1. The van der Waals surface area contributed by atoms with E-state index in [1.807, 2.05) is 14.1 Å². The van der Waals surface area contributed by atoms with Crippen LogP contribution >= 0.6 is 0 Å². The topological polar surface area (TPSA) is 87.3 Å². The van der Waals surface area contributed by atoms with Crippen molar-refractivity contribution in [3.05, 3.63) is 0 Å². The lowest BCUT2D eigenvalue weighted by atomic mass is 10.0. The average Bonchev–Trinajstić information content (AvgIpc) is 2.83. The molecule has 0 aliphatic heterocycles. The summed E-state index contributed by atoms with van der Waals surface area (Å²) >= 11 is 0. The van der Waals surface area contributed by atoms with Crippen molar-refractivity contribution in [1.29, 1.82) is 0 Å². The summed E-state index contributed by atoms with van der Waals surface area (Å²) in [5.41, 5.74) is 0. The van der Waals surface area contributed by atoms with Crippen LogP contribution in [-0.4, -0.2) is 75.4 Å². The predicted molar refractivity (Wildman–Crippen MR) is 156 cm³/mol. The third kappa shape index (κ3) is 23.4. The molecule has 0 aliphatic carbocycles. The first-order chi connectivity index (χ1) is 17.7. The van der Waals surface area contributed by atoms with Crippen LogP contribution in [0.3, 0.4) is 0 Å². The summed E-state index contributed by atoms with van der Waals surface area (Å²) in [5.74, 6) is 0.306. The molecule has 1 atom stereocenters. The SMILES string of the molecule is CCCCCCCCCCCCCCCC(=O)NCC[N+](C)(C)CC(=O)NCCCC[C@H](NC)C(C)=O. The number of hydrogen-bond donors (Lipinski definition) is 3. The molecule has 0 spiro atoms. The molecule has 0 aromatic rings. The third-order valence-electron chi connectivity index (χ3n) is 7.20. The van der Waals surface area contributed by atoms with Crippen molar-refractivity contribution in [2.75, 3.05) is 47.3 Å². The molecule has 2 amide bonds. The van der Waals surface area contributed by atoms with Gasteiger partial charge in [-0.05, 0) is 39.7 Å². The molecule has 0 aromatic heterocycles. The molecular weight excluding hydrogens is 464 g/mol. The van der Waals surface area contributed by atoms with Gasteiger partial charge < -0.3 is 20.4 Å². The normalized spacial score (nSPS) is 12.4. The van der Waals surface area contributed by atoms with E-state index in [0.717, 1.165) is 38.6 Å². The number of quaternary nitrogens is 1. The minimum Gasteiger partial charge on any atom is -0.351 e. The number of amides is 2. The Morgan fingerprint density at radius 2 is 1.19 bits per heavy atom. The number of carbonyl (C=O) groups is 3. The predicted octanol–water partition coefficient (Wildman–Crippen LogP) is 5.12. The summed E-state index contributed by atoms with van der Waals surface area (Å²) in [5, 5.41) is 9.02. The summed E-state index contributed by atoms with van der Waals surface area (Å²) < 4.78 is 0.539. The van der Waals surface area contributed by atoms with Crippen LogP contribution in [0, 0.1) is 0 Å². The molecule has 0 rings (SSSR count). The Morgan fingerprint density at radius 1 is 0.676 bits per heavy atom. The van der Waals surface area contributed by atoms with Gasteiger partial charge in [-0.15, -0.1) is 0 Å². The van der Waals surface area contributed by atoms with Crippen LogP contribution in [0.5, 0.6) is 0 Å². The molecule has 0 aliphatic rings. The number of nitrogens with one attached hydrogen (secondary N) is 3. The Kier molecular flexibility index (Phi) is 22.7. The highest BCUT2D eigenvalue weighted by Crippen LogP contribution is 2.13. The zero-order valence-electron chi connectivity index (χ0n) is 25.1. The van der Waals surface area contributed by atoms with Crippen molar-refractivity contribution in [2.24, 2.45) is 0 Å². The van der Waals surface area contributed by atoms with E-state index in [1.54, 1.807) is 14.0 Å². The first kappa shape index (κ1) is 35.5. The fraction of sp³-hybridized carbons (Fsp3) is 0.900. The second-order valence-corrected chi connectivity index (χ2v) is 11.5. The number of nitrogens with zero attached hydrogens (tertiary/aromatic N) is 1. The molecule has 7 heteroatoms. The monoisotopic (exact) mass is 525 g/mol. The number of unbranched alkanes of at least 4 members (excludes halogenated alkanes) is 13. The van der Waals surface area contributed by atoms with Gasteiger partial charge in [0.2, 0.25) is 5.91 Å². The van der Waals surface area contributed by atoms with Crippen LogP contribution in [0.1, 0.15) is 123 Å². The highest BCUT2D eigenvalue weighted by molar-refractivity contribution is 5.81. The number of rotatable bonds is 26. The quantitative estimate of drug-likeness (QED) is 0.108. The summed E-state index contributed by atoms with van der Waals surface area (Å²) in [7, 11) is 5.83. The molecular formula is C30H61N4O3+. The van der Waals surface area contributed by atoms with E-state index in [9.17, 15) is 14.4 Å². The molecule has 0 aromatic carbocycles. The Balaban J connectivity index is 3.66. The van der Waals surface area contributed by atoms with E-state index >= 15 is 0 Å². The van der Waals surface area contributed by atoms with Crippen molar-refractivity contribution < 1.29 is 18.9 Å². The van der Waals surface area contributed by atoms with Gasteiger partial charge >= 0.3 is 0 Å². The van der Waals surface area contributed by atoms with Crippen molar-refractivity contribution in [2.45, 2.75) is 129 Å². The summed E-state index contributed by atoms with van der Waals surface area (Å²) in [4.78, 5) is 35.9. The summed E-state index contributed by atoms with van der Waals surface area (Å²) in [6.45, 7) is 6.20. The summed E-state index contributed by atoms with van der Waals surface area (Å²) in [6.07, 6.45) is 20.2. The van der Waals surface area contributed by atoms with E-state index in [4.69, 9.17) is 0 Å². The van der Waals surface area contributed by atoms with Gasteiger partial charge in [0, 0.05) is 13.0 Å². The van der Waals surface area contributed by atoms with Gasteiger partial charge in [-0.25, -0.2) is 0 Å². The van der Waals surface area contributed by atoms with Crippen molar-refractivity contribution in [3.8, 4) is 0 Å². The van der Waals surface area contributed by atoms with Crippen LogP contribution < -0.4 is 16.0 Å². The van der Waals surface area contributed by atoms with E-state index in [1.165, 1.54) is 70.6 Å². The molecule has 7 nitrogen and oxygen atoms in total. The lowest BCUT2D eigenvalue weighted by molar-refractivity contribution is -0.881. The molecule has 0 saturated heterocycles. The largest absolute Gasteiger partial charge is 0.351 e. The Morgan fingerprint density at radius 3 is 1.70 bits per heavy atom. The minimum absolute atomic E-state index is 0.0278. The Labute approximate surface area is 228 Å². The molecule has 0 bridgehead atoms. The molecule has 0 unspecified atom stereocenters. The van der Waals surface area contributed by atoms with E-state index in [0.29, 0.717) is 30.5 Å². The standard InChI is InChI=1S/C30H60N4O3/c1-6-7-8-9-10-11-12-13-14-15-16-17-18-22-29(36)33-24-25-34(4,5)26-30(37)32-23-20-19-21-28(31-3)27(2)35/h28,31H,6-26H2,1-5H3,(H-,32,33,36,37)/p+1/t28-/m0/s1. The number of hydrogen-bond acceptors (Lipinski definition) is 4. The average molecular weight is 526 g/mol. The van der Waals surface area contributed by atoms with E-state index in [-0.39, 0.29) is 23.6 Å². The number of Topliss-reactive ketones (excluding diaryl/α,β-unsaturated/α-hetero) is 1. The lowest BCUT2D eigenvalue weighted by Crippen LogP contribution is -2.50. The van der Waals surface area contributed by atoms with E-state index < -0.39 is 0 Å². The molecule has 218 valence electrons. The second kappa shape index (κ2) is 23.6. The first-order valence-electron chi connectivity index (χ1n) is 15.2. The molecule has 0 saturated carbocycles. The van der Waals surface area contributed by atoms with Crippen LogP contribution in [0.25, 0.3) is 0 Å². The lowest BCUT2D eigenvalue weighted by Gasteiger charge is -2.29.